The summed E-state index contributed by atoms with van der Waals surface area (Å²) < 4.78 is 8.60. The molecule has 0 atom stereocenters. The summed E-state index contributed by atoms with van der Waals surface area (Å²) in [5.41, 5.74) is 7.66. The molecular formula is C31H19NOS. The molecule has 0 fully saturated rings. The fraction of sp³-hybridized carbons (Fsp3) is 0. The van der Waals surface area contributed by atoms with Crippen LogP contribution in [0.4, 0.5) is 0 Å². The van der Waals surface area contributed by atoms with Crippen LogP contribution in [-0.4, -0.2) is 4.98 Å². The predicted octanol–water partition coefficient (Wildman–Crippen LogP) is 9.20. The van der Waals surface area contributed by atoms with Crippen LogP contribution in [0.2, 0.25) is 0 Å². The predicted molar refractivity (Wildman–Crippen MR) is 143 cm³/mol. The molecule has 0 saturated carbocycles. The van der Waals surface area contributed by atoms with Crippen LogP contribution in [0, 0.1) is 0 Å². The maximum absolute atomic E-state index is 5.96. The summed E-state index contributed by atoms with van der Waals surface area (Å²) in [6, 6.07) is 40.3. The average molecular weight is 454 g/mol. The summed E-state index contributed by atoms with van der Waals surface area (Å²) in [6.07, 6.45) is 0. The first-order chi connectivity index (χ1) is 16.8. The van der Waals surface area contributed by atoms with Gasteiger partial charge >= 0.3 is 0 Å². The summed E-state index contributed by atoms with van der Waals surface area (Å²) in [7, 11) is 0. The van der Waals surface area contributed by atoms with Gasteiger partial charge < -0.3 is 4.42 Å². The minimum absolute atomic E-state index is 0.653. The van der Waals surface area contributed by atoms with E-state index in [1.54, 1.807) is 0 Å². The Morgan fingerprint density at radius 1 is 0.500 bits per heavy atom. The van der Waals surface area contributed by atoms with Crippen molar-refractivity contribution >= 4 is 42.6 Å². The van der Waals surface area contributed by atoms with E-state index in [1.807, 2.05) is 35.6 Å². The van der Waals surface area contributed by atoms with Gasteiger partial charge in [-0.3, -0.25) is 0 Å². The Labute approximate surface area is 200 Å². The fourth-order valence-electron chi connectivity index (χ4n) is 4.68. The largest absolute Gasteiger partial charge is 0.436 e. The molecule has 5 aromatic carbocycles. The number of oxazole rings is 1. The Bertz CT molecular complexity index is 1760. The molecule has 0 amide bonds. The number of hydrogen-bond acceptors (Lipinski definition) is 3. The van der Waals surface area contributed by atoms with Crippen molar-refractivity contribution in [1.29, 1.82) is 0 Å². The molecule has 0 bridgehead atoms. The molecule has 0 unspecified atom stereocenters. The van der Waals surface area contributed by atoms with Gasteiger partial charge in [0.05, 0.1) is 0 Å². The topological polar surface area (TPSA) is 26.0 Å². The van der Waals surface area contributed by atoms with Crippen molar-refractivity contribution in [3.63, 3.8) is 0 Å². The zero-order valence-electron chi connectivity index (χ0n) is 18.2. The third-order valence-electron chi connectivity index (χ3n) is 6.35. The zero-order chi connectivity index (χ0) is 22.5. The quantitative estimate of drug-likeness (QED) is 0.266. The Morgan fingerprint density at radius 3 is 1.76 bits per heavy atom. The number of hydrogen-bond donors (Lipinski definition) is 0. The Morgan fingerprint density at radius 2 is 1.09 bits per heavy atom. The molecule has 7 rings (SSSR count). The van der Waals surface area contributed by atoms with Crippen LogP contribution in [0.1, 0.15) is 0 Å². The molecule has 160 valence electrons. The van der Waals surface area contributed by atoms with Gasteiger partial charge in [-0.25, -0.2) is 4.98 Å². The van der Waals surface area contributed by atoms with E-state index >= 15 is 0 Å². The van der Waals surface area contributed by atoms with Crippen molar-refractivity contribution in [2.45, 2.75) is 0 Å². The van der Waals surface area contributed by atoms with Gasteiger partial charge in [0.1, 0.15) is 5.52 Å². The lowest BCUT2D eigenvalue weighted by atomic mass is 9.99. The minimum atomic E-state index is 0.653. The van der Waals surface area contributed by atoms with Crippen molar-refractivity contribution in [3.8, 4) is 33.7 Å². The standard InChI is InChI=1S/C31H19NOS/c1-2-8-20(9-3-1)23-10-6-12-25-26-13-7-11-24(30(26)34-29(23)25)21-16-18-22(19-17-21)31-32-27-14-4-5-15-28(27)33-31/h1-19H. The van der Waals surface area contributed by atoms with Crippen LogP contribution < -0.4 is 0 Å². The second kappa shape index (κ2) is 7.68. The van der Waals surface area contributed by atoms with Gasteiger partial charge in [-0.1, -0.05) is 91.0 Å². The van der Waals surface area contributed by atoms with Crippen molar-refractivity contribution in [2.75, 3.05) is 0 Å². The van der Waals surface area contributed by atoms with Crippen LogP contribution in [0.25, 0.3) is 65.0 Å². The molecule has 2 aromatic heterocycles. The van der Waals surface area contributed by atoms with E-state index in [9.17, 15) is 0 Å². The van der Waals surface area contributed by atoms with E-state index in [0.29, 0.717) is 5.89 Å². The number of aromatic nitrogens is 1. The van der Waals surface area contributed by atoms with Crippen LogP contribution in [-0.2, 0) is 0 Å². The molecule has 0 saturated heterocycles. The summed E-state index contributed by atoms with van der Waals surface area (Å²) in [5.74, 6) is 0.653. The third kappa shape index (κ3) is 3.06. The van der Waals surface area contributed by atoms with Crippen molar-refractivity contribution in [2.24, 2.45) is 0 Å². The molecule has 3 heteroatoms. The third-order valence-corrected chi connectivity index (χ3v) is 7.63. The first kappa shape index (κ1) is 19.3. The SMILES string of the molecule is c1ccc(-c2cccc3c2sc2c(-c4ccc(-c5nc6ccccc6o5)cc4)cccc23)cc1. The monoisotopic (exact) mass is 453 g/mol. The number of para-hydroxylation sites is 2. The van der Waals surface area contributed by atoms with Crippen molar-refractivity contribution in [3.05, 3.63) is 115 Å². The van der Waals surface area contributed by atoms with E-state index in [-0.39, 0.29) is 0 Å². The number of fused-ring (bicyclic) bond motifs is 4. The average Bonchev–Trinajstić information content (AvgIpc) is 3.51. The molecule has 0 N–H and O–H groups in total. The smallest absolute Gasteiger partial charge is 0.227 e. The Kier molecular flexibility index (Phi) is 4.36. The Balaban J connectivity index is 1.35. The van der Waals surface area contributed by atoms with Gasteiger partial charge in [0.25, 0.3) is 0 Å². The van der Waals surface area contributed by atoms with Crippen molar-refractivity contribution < 1.29 is 4.42 Å². The normalized spacial score (nSPS) is 11.5. The van der Waals surface area contributed by atoms with Crippen LogP contribution in [0.3, 0.4) is 0 Å². The molecule has 34 heavy (non-hydrogen) atoms. The first-order valence-electron chi connectivity index (χ1n) is 11.3. The highest BCUT2D eigenvalue weighted by Gasteiger charge is 2.14. The molecule has 2 heterocycles. The highest BCUT2D eigenvalue weighted by molar-refractivity contribution is 7.26. The van der Waals surface area contributed by atoms with E-state index in [0.717, 1.165) is 16.7 Å². The van der Waals surface area contributed by atoms with Crippen molar-refractivity contribution in [1.82, 2.24) is 4.98 Å². The van der Waals surface area contributed by atoms with Gasteiger partial charge in [-0.15, -0.1) is 11.3 Å². The summed E-state index contributed by atoms with van der Waals surface area (Å²) in [4.78, 5) is 4.64. The molecule has 0 radical (unpaired) electrons. The van der Waals surface area contributed by atoms with Gasteiger partial charge in [0.15, 0.2) is 5.58 Å². The molecule has 0 aliphatic heterocycles. The maximum Gasteiger partial charge on any atom is 0.227 e. The zero-order valence-corrected chi connectivity index (χ0v) is 19.0. The van der Waals surface area contributed by atoms with E-state index in [2.05, 4.69) is 96.0 Å². The molecule has 7 aromatic rings. The lowest BCUT2D eigenvalue weighted by molar-refractivity contribution is 0.620. The lowest BCUT2D eigenvalue weighted by Gasteiger charge is -2.04. The van der Waals surface area contributed by atoms with E-state index in [1.165, 1.54) is 42.4 Å². The lowest BCUT2D eigenvalue weighted by Crippen LogP contribution is -1.81. The molecular weight excluding hydrogens is 434 g/mol. The second-order valence-electron chi connectivity index (χ2n) is 8.40. The molecule has 2 nitrogen and oxygen atoms in total. The van der Waals surface area contributed by atoms with E-state index < -0.39 is 0 Å². The highest BCUT2D eigenvalue weighted by Crippen LogP contribution is 2.43. The minimum Gasteiger partial charge on any atom is -0.436 e. The first-order valence-corrected chi connectivity index (χ1v) is 12.1. The van der Waals surface area contributed by atoms with Gasteiger partial charge in [-0.2, -0.15) is 0 Å². The molecule has 0 aliphatic rings. The second-order valence-corrected chi connectivity index (χ2v) is 9.42. The van der Waals surface area contributed by atoms with Crippen LogP contribution in [0.15, 0.2) is 120 Å². The fourth-order valence-corrected chi connectivity index (χ4v) is 6.05. The van der Waals surface area contributed by atoms with Crippen LogP contribution >= 0.6 is 11.3 Å². The number of thiophene rings is 1. The molecule has 0 spiro atoms. The van der Waals surface area contributed by atoms with E-state index in [4.69, 9.17) is 4.42 Å². The number of rotatable bonds is 3. The van der Waals surface area contributed by atoms with Crippen LogP contribution in [0.5, 0.6) is 0 Å². The van der Waals surface area contributed by atoms with Gasteiger partial charge in [-0.05, 0) is 46.5 Å². The number of nitrogens with zero attached hydrogens (tertiary/aromatic N) is 1. The summed E-state index contributed by atoms with van der Waals surface area (Å²) in [5, 5.41) is 2.62. The highest BCUT2D eigenvalue weighted by atomic mass is 32.1. The number of benzene rings is 5. The maximum atomic E-state index is 5.96. The van der Waals surface area contributed by atoms with Gasteiger partial charge in [0.2, 0.25) is 5.89 Å². The summed E-state index contributed by atoms with van der Waals surface area (Å²) >= 11 is 1.88. The summed E-state index contributed by atoms with van der Waals surface area (Å²) in [6.45, 7) is 0. The Hall–Kier alpha value is -4.21. The molecule has 0 aliphatic carbocycles. The van der Waals surface area contributed by atoms with Gasteiger partial charge in [0, 0.05) is 25.7 Å².